The van der Waals surface area contributed by atoms with Crippen LogP contribution in [0.5, 0.6) is 0 Å². The lowest BCUT2D eigenvalue weighted by atomic mass is 10.2. The van der Waals surface area contributed by atoms with Crippen LogP contribution in [0.2, 0.25) is 0 Å². The summed E-state index contributed by atoms with van der Waals surface area (Å²) in [5, 5.41) is 0. The molecule has 0 aromatic carbocycles. The van der Waals surface area contributed by atoms with Gasteiger partial charge in [0.05, 0.1) is 0 Å². The molecular weight excluding hydrogens is 140 g/mol. The summed E-state index contributed by atoms with van der Waals surface area (Å²) in [5.41, 5.74) is 0.373. The molecule has 0 atom stereocenters. The molecule has 0 N–H and O–H groups in total. The van der Waals surface area contributed by atoms with Crippen molar-refractivity contribution < 1.29 is 4.79 Å². The van der Waals surface area contributed by atoms with Crippen molar-refractivity contribution in [2.24, 2.45) is 9.98 Å². The summed E-state index contributed by atoms with van der Waals surface area (Å²) in [6, 6.07) is 0. The van der Waals surface area contributed by atoms with Crippen molar-refractivity contribution in [1.29, 1.82) is 0 Å². The number of carbonyl (C=O) groups is 1. The second kappa shape index (κ2) is 5.53. The van der Waals surface area contributed by atoms with Gasteiger partial charge in [0.25, 0.3) is 0 Å². The molecule has 0 amide bonds. The van der Waals surface area contributed by atoms with Crippen molar-refractivity contribution in [3.63, 3.8) is 0 Å². The minimum Gasteiger partial charge on any atom is -0.292 e. The standard InChI is InChI=1S/C8H12N2O/c1-4-7(8(11)5-2)10-6-9-3/h4,6H,1,5H2,2-3H3. The summed E-state index contributed by atoms with van der Waals surface area (Å²) < 4.78 is 0. The molecule has 0 unspecified atom stereocenters. The van der Waals surface area contributed by atoms with Crippen LogP contribution in [0, 0.1) is 0 Å². The van der Waals surface area contributed by atoms with E-state index < -0.39 is 0 Å². The maximum atomic E-state index is 11.0. The first kappa shape index (κ1) is 9.75. The highest BCUT2D eigenvalue weighted by Gasteiger charge is 2.02. The molecule has 0 spiro atoms. The summed E-state index contributed by atoms with van der Waals surface area (Å²) in [7, 11) is 1.60. The summed E-state index contributed by atoms with van der Waals surface area (Å²) in [6.07, 6.45) is 3.22. The van der Waals surface area contributed by atoms with E-state index in [-0.39, 0.29) is 5.78 Å². The van der Waals surface area contributed by atoms with Crippen molar-refractivity contribution in [2.45, 2.75) is 13.3 Å². The van der Waals surface area contributed by atoms with Crippen LogP contribution in [0.15, 0.2) is 22.6 Å². The second-order valence-corrected chi connectivity index (χ2v) is 1.87. The summed E-state index contributed by atoms with van der Waals surface area (Å²) in [4.78, 5) is 18.4. The molecule has 0 bridgehead atoms. The minimum absolute atomic E-state index is 0.0140. The van der Waals surface area contributed by atoms with Gasteiger partial charge in [0.2, 0.25) is 0 Å². The average Bonchev–Trinajstić information content (AvgIpc) is 2.05. The average molecular weight is 152 g/mol. The van der Waals surface area contributed by atoms with Gasteiger partial charge in [-0.2, -0.15) is 0 Å². The molecule has 0 aliphatic carbocycles. The van der Waals surface area contributed by atoms with Crippen LogP contribution in [0.25, 0.3) is 0 Å². The molecule has 0 aliphatic rings. The number of nitrogens with zero attached hydrogens (tertiary/aromatic N) is 2. The number of rotatable bonds is 4. The second-order valence-electron chi connectivity index (χ2n) is 1.87. The van der Waals surface area contributed by atoms with Gasteiger partial charge in [-0.3, -0.25) is 9.79 Å². The van der Waals surface area contributed by atoms with E-state index in [1.54, 1.807) is 14.0 Å². The quantitative estimate of drug-likeness (QED) is 0.441. The maximum Gasteiger partial charge on any atom is 0.180 e. The SMILES string of the molecule is C=CC(=NC=NC)C(=O)CC. The molecule has 0 rings (SSSR count). The smallest absolute Gasteiger partial charge is 0.180 e. The van der Waals surface area contributed by atoms with Gasteiger partial charge in [-0.15, -0.1) is 0 Å². The predicted octanol–water partition coefficient (Wildman–Crippen LogP) is 1.25. The van der Waals surface area contributed by atoms with Gasteiger partial charge in [-0.1, -0.05) is 13.5 Å². The monoisotopic (exact) mass is 152 g/mol. The van der Waals surface area contributed by atoms with E-state index in [2.05, 4.69) is 16.6 Å². The van der Waals surface area contributed by atoms with E-state index >= 15 is 0 Å². The van der Waals surface area contributed by atoms with Crippen LogP contribution < -0.4 is 0 Å². The zero-order chi connectivity index (χ0) is 8.69. The molecule has 11 heavy (non-hydrogen) atoms. The van der Waals surface area contributed by atoms with E-state index in [9.17, 15) is 4.79 Å². The first-order valence-corrected chi connectivity index (χ1v) is 3.40. The summed E-state index contributed by atoms with van der Waals surface area (Å²) >= 11 is 0. The van der Waals surface area contributed by atoms with Crippen LogP contribution in [0.3, 0.4) is 0 Å². The number of hydrogen-bond donors (Lipinski definition) is 0. The fourth-order valence-corrected chi connectivity index (χ4v) is 0.540. The van der Waals surface area contributed by atoms with Crippen molar-refractivity contribution >= 4 is 17.8 Å². The Bertz CT molecular complexity index is 204. The highest BCUT2D eigenvalue weighted by atomic mass is 16.1. The largest absolute Gasteiger partial charge is 0.292 e. The third kappa shape index (κ3) is 3.45. The number of hydrogen-bond acceptors (Lipinski definition) is 2. The molecule has 0 aromatic heterocycles. The highest BCUT2D eigenvalue weighted by Crippen LogP contribution is 1.87. The number of Topliss-reactive ketones (excluding diaryl/α,β-unsaturated/α-hetero) is 1. The molecule has 60 valence electrons. The molecule has 0 aromatic rings. The van der Waals surface area contributed by atoms with Gasteiger partial charge >= 0.3 is 0 Å². The Labute approximate surface area is 66.6 Å². The molecule has 0 heterocycles. The number of allylic oxidation sites excluding steroid dienone is 1. The lowest BCUT2D eigenvalue weighted by Crippen LogP contribution is -2.09. The molecule has 0 aliphatic heterocycles. The van der Waals surface area contributed by atoms with E-state index in [1.165, 1.54) is 12.4 Å². The fourth-order valence-electron chi connectivity index (χ4n) is 0.540. The Hall–Kier alpha value is -1.25. The van der Waals surface area contributed by atoms with Crippen LogP contribution >= 0.6 is 0 Å². The molecule has 3 heteroatoms. The van der Waals surface area contributed by atoms with Crippen molar-refractivity contribution in [3.8, 4) is 0 Å². The predicted molar refractivity (Wildman–Crippen MR) is 47.3 cm³/mol. The summed E-state index contributed by atoms with van der Waals surface area (Å²) in [5.74, 6) is -0.0140. The Morgan fingerprint density at radius 1 is 1.64 bits per heavy atom. The van der Waals surface area contributed by atoms with Gasteiger partial charge in [-0.25, -0.2) is 4.99 Å². The number of carbonyl (C=O) groups excluding carboxylic acids is 1. The summed E-state index contributed by atoms with van der Waals surface area (Å²) in [6.45, 7) is 5.25. The third-order valence-corrected chi connectivity index (χ3v) is 1.11. The minimum atomic E-state index is -0.0140. The van der Waals surface area contributed by atoms with Gasteiger partial charge < -0.3 is 0 Å². The Balaban J connectivity index is 4.38. The van der Waals surface area contributed by atoms with Crippen LogP contribution in [0.1, 0.15) is 13.3 Å². The number of ketones is 1. The molecular formula is C8H12N2O. The van der Waals surface area contributed by atoms with E-state index in [4.69, 9.17) is 0 Å². The van der Waals surface area contributed by atoms with Crippen LogP contribution in [-0.4, -0.2) is 24.9 Å². The van der Waals surface area contributed by atoms with Gasteiger partial charge in [0.15, 0.2) is 5.78 Å². The van der Waals surface area contributed by atoms with Crippen LogP contribution in [-0.2, 0) is 4.79 Å². The van der Waals surface area contributed by atoms with Crippen molar-refractivity contribution in [3.05, 3.63) is 12.7 Å². The zero-order valence-corrected chi connectivity index (χ0v) is 6.87. The first-order chi connectivity index (χ1) is 5.26. The molecule has 0 saturated heterocycles. The van der Waals surface area contributed by atoms with Gasteiger partial charge in [0.1, 0.15) is 12.1 Å². The van der Waals surface area contributed by atoms with Crippen LogP contribution in [0.4, 0.5) is 0 Å². The molecule has 3 nitrogen and oxygen atoms in total. The molecule has 0 saturated carbocycles. The fraction of sp³-hybridized carbons (Fsp3) is 0.375. The van der Waals surface area contributed by atoms with E-state index in [0.29, 0.717) is 12.1 Å². The van der Waals surface area contributed by atoms with Crippen molar-refractivity contribution in [2.75, 3.05) is 7.05 Å². The molecule has 0 fully saturated rings. The first-order valence-electron chi connectivity index (χ1n) is 3.40. The van der Waals surface area contributed by atoms with Crippen molar-refractivity contribution in [1.82, 2.24) is 0 Å². The zero-order valence-electron chi connectivity index (χ0n) is 6.87. The normalized spacial score (nSPS) is 12.0. The lowest BCUT2D eigenvalue weighted by molar-refractivity contribution is -0.112. The number of aliphatic imine (C=N–C) groups is 2. The Morgan fingerprint density at radius 3 is 2.64 bits per heavy atom. The highest BCUT2D eigenvalue weighted by molar-refractivity contribution is 6.45. The topological polar surface area (TPSA) is 41.8 Å². The van der Waals surface area contributed by atoms with Gasteiger partial charge in [0, 0.05) is 13.5 Å². The lowest BCUT2D eigenvalue weighted by Gasteiger charge is -1.92. The maximum absolute atomic E-state index is 11.0. The Kier molecular flexibility index (Phi) is 4.90. The third-order valence-electron chi connectivity index (χ3n) is 1.11. The Morgan fingerprint density at radius 2 is 2.27 bits per heavy atom. The van der Waals surface area contributed by atoms with E-state index in [0.717, 1.165) is 0 Å². The van der Waals surface area contributed by atoms with Gasteiger partial charge in [-0.05, 0) is 6.08 Å². The molecule has 0 radical (unpaired) electrons. The van der Waals surface area contributed by atoms with E-state index in [1.807, 2.05) is 0 Å².